The molecular weight excluding hydrogens is 525 g/mol. The van der Waals surface area contributed by atoms with Gasteiger partial charge >= 0.3 is 5.69 Å². The lowest BCUT2D eigenvalue weighted by atomic mass is 10.2. The molecule has 8 heteroatoms. The molecule has 0 fully saturated rings. The number of H-pyrrole nitrogens is 1. The summed E-state index contributed by atoms with van der Waals surface area (Å²) in [6, 6.07) is 32.2. The Morgan fingerprint density at radius 3 is 1.97 bits per heavy atom. The lowest BCUT2D eigenvalue weighted by Crippen LogP contribution is -2.67. The van der Waals surface area contributed by atoms with Gasteiger partial charge in [-0.1, -0.05) is 111 Å². The molecule has 0 saturated carbocycles. The Balaban J connectivity index is 1.51. The highest BCUT2D eigenvalue weighted by atomic mass is 32.2. The minimum atomic E-state index is -2.76. The molecule has 6 nitrogen and oxygen atoms in total. The summed E-state index contributed by atoms with van der Waals surface area (Å²) in [6.45, 7) is 7.04. The molecule has 0 unspecified atom stereocenters. The number of benzene rings is 3. The van der Waals surface area contributed by atoms with Crippen LogP contribution in [0.4, 0.5) is 0 Å². The quantitative estimate of drug-likeness (QED) is 0.319. The molecule has 1 aliphatic heterocycles. The third-order valence-electron chi connectivity index (χ3n) is 6.86. The first-order valence-corrected chi connectivity index (χ1v) is 15.7. The Morgan fingerprint density at radius 2 is 1.44 bits per heavy atom. The third-order valence-corrected chi connectivity index (χ3v) is 12.9. The molecule has 39 heavy (non-hydrogen) atoms. The first-order valence-electron chi connectivity index (χ1n) is 12.9. The van der Waals surface area contributed by atoms with Gasteiger partial charge in [0.15, 0.2) is 6.23 Å². The van der Waals surface area contributed by atoms with Crippen LogP contribution in [0.25, 0.3) is 0 Å². The summed E-state index contributed by atoms with van der Waals surface area (Å²) in [4.78, 5) is 28.7. The van der Waals surface area contributed by atoms with Crippen molar-refractivity contribution in [2.45, 2.75) is 43.0 Å². The number of aromatic nitrogens is 2. The summed E-state index contributed by atoms with van der Waals surface area (Å²) in [5.74, 6) is 0. The fourth-order valence-corrected chi connectivity index (χ4v) is 10.7. The Bertz CT molecular complexity index is 1510. The number of rotatable bonds is 8. The molecule has 0 saturated heterocycles. The van der Waals surface area contributed by atoms with Crippen molar-refractivity contribution in [3.8, 4) is 0 Å². The second-order valence-corrected chi connectivity index (χ2v) is 16.0. The molecule has 0 aliphatic carbocycles. The molecule has 2 atom stereocenters. The molecule has 200 valence electrons. The van der Waals surface area contributed by atoms with Crippen LogP contribution in [0, 0.1) is 0 Å². The van der Waals surface area contributed by atoms with E-state index in [0.29, 0.717) is 6.61 Å². The van der Waals surface area contributed by atoms with Gasteiger partial charge in [0, 0.05) is 22.1 Å². The number of ether oxygens (including phenoxy) is 1. The number of nitrogens with zero attached hydrogens (tertiary/aromatic N) is 1. The van der Waals surface area contributed by atoms with E-state index in [1.807, 2.05) is 48.5 Å². The third kappa shape index (κ3) is 5.65. The predicted octanol–water partition coefficient (Wildman–Crippen LogP) is 4.69. The van der Waals surface area contributed by atoms with Crippen LogP contribution < -0.4 is 21.6 Å². The fourth-order valence-electron chi connectivity index (χ4n) is 5.12. The summed E-state index contributed by atoms with van der Waals surface area (Å²) < 4.78 is 15.0. The summed E-state index contributed by atoms with van der Waals surface area (Å²) >= 11 is 1.54. The maximum absolute atomic E-state index is 12.7. The van der Waals surface area contributed by atoms with Gasteiger partial charge in [0.1, 0.15) is 6.10 Å². The van der Waals surface area contributed by atoms with Gasteiger partial charge in [-0.3, -0.25) is 14.3 Å². The summed E-state index contributed by atoms with van der Waals surface area (Å²) in [7, 11) is -2.76. The maximum atomic E-state index is 12.7. The van der Waals surface area contributed by atoms with Crippen LogP contribution in [-0.2, 0) is 9.16 Å². The minimum absolute atomic E-state index is 0.172. The average molecular weight is 557 g/mol. The number of thioether (sulfide) groups is 1. The zero-order valence-electron chi connectivity index (χ0n) is 22.2. The summed E-state index contributed by atoms with van der Waals surface area (Å²) in [6.07, 6.45) is 2.46. The maximum Gasteiger partial charge on any atom is 0.330 e. The SMILES string of the molecule is CC(C)(C)[Si](OC[C@@H]1C=C(Sc2ccccc2)[C@H](n2ccc(=O)[nH]c2=O)O1)(c1ccccc1)c1ccccc1. The van der Waals surface area contributed by atoms with Crippen molar-refractivity contribution < 1.29 is 9.16 Å². The molecule has 0 spiro atoms. The Hall–Kier alpha value is -3.43. The highest BCUT2D eigenvalue weighted by Crippen LogP contribution is 2.41. The molecular formula is C31H32N2O4SSi. The van der Waals surface area contributed by atoms with E-state index in [0.717, 1.165) is 9.80 Å². The Labute approximate surface area is 233 Å². The van der Waals surface area contributed by atoms with Crippen LogP contribution in [-0.4, -0.2) is 30.6 Å². The molecule has 2 heterocycles. The van der Waals surface area contributed by atoms with Crippen LogP contribution in [0.15, 0.2) is 129 Å². The van der Waals surface area contributed by atoms with Crippen LogP contribution in [0.5, 0.6) is 0 Å². The van der Waals surface area contributed by atoms with E-state index >= 15 is 0 Å². The van der Waals surface area contributed by atoms with E-state index in [-0.39, 0.29) is 11.1 Å². The highest BCUT2D eigenvalue weighted by Gasteiger charge is 2.50. The summed E-state index contributed by atoms with van der Waals surface area (Å²) in [5, 5.41) is 2.21. The first kappa shape index (κ1) is 27.1. The zero-order chi connectivity index (χ0) is 27.5. The van der Waals surface area contributed by atoms with Crippen molar-refractivity contribution in [2.24, 2.45) is 0 Å². The normalized spacial score (nSPS) is 17.7. The van der Waals surface area contributed by atoms with Gasteiger partial charge in [0.05, 0.1) is 6.61 Å². The van der Waals surface area contributed by atoms with Crippen molar-refractivity contribution in [1.82, 2.24) is 9.55 Å². The second-order valence-electron chi connectivity index (χ2n) is 10.5. The second kappa shape index (κ2) is 11.4. The largest absolute Gasteiger partial charge is 0.404 e. The predicted molar refractivity (Wildman–Crippen MR) is 159 cm³/mol. The van der Waals surface area contributed by atoms with Crippen molar-refractivity contribution >= 4 is 30.5 Å². The fraction of sp³-hybridized carbons (Fsp3) is 0.226. The summed E-state index contributed by atoms with van der Waals surface area (Å²) in [5.41, 5.74) is -0.956. The molecule has 1 aliphatic rings. The zero-order valence-corrected chi connectivity index (χ0v) is 24.1. The van der Waals surface area contributed by atoms with Crippen molar-refractivity contribution in [3.63, 3.8) is 0 Å². The van der Waals surface area contributed by atoms with Gasteiger partial charge in [0.25, 0.3) is 13.9 Å². The van der Waals surface area contributed by atoms with E-state index in [4.69, 9.17) is 9.16 Å². The standard InChI is InChI=1S/C31H32N2O4SSi/c1-31(2,3)39(25-15-9-5-10-16-25,26-17-11-6-12-18-26)36-22-23-21-27(38-24-13-7-4-8-14-24)29(37-23)33-20-19-28(34)32-30(33)35/h4-21,23,29H,22H2,1-3H3,(H,32,34,35)/t23-,29+/m0/s1. The Morgan fingerprint density at radius 1 is 0.872 bits per heavy atom. The molecule has 0 bridgehead atoms. The molecule has 1 aromatic heterocycles. The molecule has 5 rings (SSSR count). The molecule has 3 aromatic carbocycles. The monoisotopic (exact) mass is 556 g/mol. The smallest absolute Gasteiger partial charge is 0.330 e. The van der Waals surface area contributed by atoms with Gasteiger partial charge in [-0.2, -0.15) is 0 Å². The average Bonchev–Trinajstić information content (AvgIpc) is 3.32. The molecule has 0 amide bonds. The van der Waals surface area contributed by atoms with E-state index in [9.17, 15) is 9.59 Å². The number of hydrogen-bond acceptors (Lipinski definition) is 5. The number of aromatic amines is 1. The van der Waals surface area contributed by atoms with Gasteiger partial charge in [0.2, 0.25) is 0 Å². The van der Waals surface area contributed by atoms with Crippen molar-refractivity contribution in [3.05, 3.63) is 135 Å². The minimum Gasteiger partial charge on any atom is -0.404 e. The van der Waals surface area contributed by atoms with E-state index < -0.39 is 25.8 Å². The lowest BCUT2D eigenvalue weighted by Gasteiger charge is -2.43. The van der Waals surface area contributed by atoms with Crippen LogP contribution >= 0.6 is 11.8 Å². The Kier molecular flexibility index (Phi) is 7.90. The van der Waals surface area contributed by atoms with Crippen LogP contribution in [0.3, 0.4) is 0 Å². The topological polar surface area (TPSA) is 73.3 Å². The highest BCUT2D eigenvalue weighted by molar-refractivity contribution is 8.03. The van der Waals surface area contributed by atoms with Crippen LogP contribution in [0.1, 0.15) is 27.0 Å². The number of hydrogen-bond donors (Lipinski definition) is 1. The van der Waals surface area contributed by atoms with Gasteiger partial charge < -0.3 is 9.16 Å². The lowest BCUT2D eigenvalue weighted by molar-refractivity contribution is -0.00843. The van der Waals surface area contributed by atoms with Gasteiger partial charge in [-0.25, -0.2) is 4.79 Å². The van der Waals surface area contributed by atoms with Crippen molar-refractivity contribution in [1.29, 1.82) is 0 Å². The molecule has 4 aromatic rings. The van der Waals surface area contributed by atoms with Crippen LogP contribution in [0.2, 0.25) is 5.04 Å². The first-order chi connectivity index (χ1) is 18.8. The van der Waals surface area contributed by atoms with E-state index in [1.165, 1.54) is 27.2 Å². The molecule has 1 N–H and O–H groups in total. The van der Waals surface area contributed by atoms with Crippen molar-refractivity contribution in [2.75, 3.05) is 6.61 Å². The molecule has 0 radical (unpaired) electrons. The van der Waals surface area contributed by atoms with E-state index in [1.54, 1.807) is 11.8 Å². The van der Waals surface area contributed by atoms with Gasteiger partial charge in [-0.15, -0.1) is 0 Å². The van der Waals surface area contributed by atoms with Gasteiger partial charge in [-0.05, 0) is 33.6 Å². The number of nitrogens with one attached hydrogen (secondary N) is 1. The van der Waals surface area contributed by atoms with E-state index in [2.05, 4.69) is 74.3 Å².